The third kappa shape index (κ3) is 5.25. The molecule has 1 N–H and O–H groups in total. The van der Waals surface area contributed by atoms with Crippen LogP contribution in [-0.2, 0) is 10.0 Å². The zero-order chi connectivity index (χ0) is 21.7. The molecule has 0 aromatic heterocycles. The Hall–Kier alpha value is -2.71. The summed E-state index contributed by atoms with van der Waals surface area (Å²) in [5.41, 5.74) is 2.71. The Labute approximate surface area is 177 Å². The van der Waals surface area contributed by atoms with Gasteiger partial charge in [0.05, 0.1) is 4.90 Å². The number of hydrogen-bond acceptors (Lipinski definition) is 4. The molecular formula is C22H27N3O4S. The summed E-state index contributed by atoms with van der Waals surface area (Å²) in [5, 5.41) is 2.75. The van der Waals surface area contributed by atoms with Crippen molar-refractivity contribution in [3.05, 3.63) is 65.2 Å². The van der Waals surface area contributed by atoms with Crippen LogP contribution in [0, 0.1) is 13.8 Å². The number of benzene rings is 2. The molecule has 0 saturated carbocycles. The third-order valence-electron chi connectivity index (χ3n) is 5.19. The first-order valence-electron chi connectivity index (χ1n) is 9.97. The summed E-state index contributed by atoms with van der Waals surface area (Å²) in [5.74, 6) is -0.0238. The minimum absolute atomic E-state index is 0.0238. The molecule has 0 unspecified atom stereocenters. The highest BCUT2D eigenvalue weighted by Gasteiger charge is 2.30. The Morgan fingerprint density at radius 2 is 1.40 bits per heavy atom. The molecule has 1 heterocycles. The van der Waals surface area contributed by atoms with E-state index in [2.05, 4.69) is 5.32 Å². The fourth-order valence-corrected chi connectivity index (χ4v) is 4.69. The van der Waals surface area contributed by atoms with E-state index in [0.717, 1.165) is 11.1 Å². The van der Waals surface area contributed by atoms with E-state index in [9.17, 15) is 18.0 Å². The molecule has 30 heavy (non-hydrogen) atoms. The molecule has 0 aliphatic carbocycles. The summed E-state index contributed by atoms with van der Waals surface area (Å²) in [6.45, 7) is 5.21. The average molecular weight is 430 g/mol. The SMILES string of the molecule is Cc1ccc(C(=O)CCNC(=O)N2CCN(S(=O)(=O)c3ccc(C)cc3)CC2)cc1. The van der Waals surface area contributed by atoms with Gasteiger partial charge in [0.25, 0.3) is 0 Å². The van der Waals surface area contributed by atoms with Gasteiger partial charge in [0.1, 0.15) is 0 Å². The molecule has 3 rings (SSSR count). The normalized spacial score (nSPS) is 15.1. The largest absolute Gasteiger partial charge is 0.338 e. The van der Waals surface area contributed by atoms with Crippen LogP contribution >= 0.6 is 0 Å². The van der Waals surface area contributed by atoms with Crippen molar-refractivity contribution in [3.63, 3.8) is 0 Å². The van der Waals surface area contributed by atoms with Gasteiger partial charge in [-0.3, -0.25) is 4.79 Å². The van der Waals surface area contributed by atoms with Crippen LogP contribution in [0.3, 0.4) is 0 Å². The molecule has 0 spiro atoms. The number of ketones is 1. The lowest BCUT2D eigenvalue weighted by Crippen LogP contribution is -2.53. The van der Waals surface area contributed by atoms with E-state index in [1.807, 2.05) is 26.0 Å². The molecule has 2 amide bonds. The van der Waals surface area contributed by atoms with Crippen LogP contribution in [0.15, 0.2) is 53.4 Å². The maximum atomic E-state index is 12.7. The molecule has 1 aliphatic heterocycles. The van der Waals surface area contributed by atoms with Crippen molar-refractivity contribution in [2.45, 2.75) is 25.2 Å². The van der Waals surface area contributed by atoms with E-state index in [-0.39, 0.29) is 42.8 Å². The van der Waals surface area contributed by atoms with E-state index in [0.29, 0.717) is 18.7 Å². The number of urea groups is 1. The first-order chi connectivity index (χ1) is 14.3. The van der Waals surface area contributed by atoms with Crippen molar-refractivity contribution in [1.82, 2.24) is 14.5 Å². The first-order valence-corrected chi connectivity index (χ1v) is 11.4. The number of carbonyl (C=O) groups is 2. The summed E-state index contributed by atoms with van der Waals surface area (Å²) < 4.78 is 26.9. The van der Waals surface area contributed by atoms with Crippen LogP contribution in [0.2, 0.25) is 0 Å². The second-order valence-corrected chi connectivity index (χ2v) is 9.41. The molecule has 160 valence electrons. The van der Waals surface area contributed by atoms with E-state index in [1.165, 1.54) is 4.31 Å². The zero-order valence-corrected chi connectivity index (χ0v) is 18.1. The van der Waals surface area contributed by atoms with Gasteiger partial charge >= 0.3 is 6.03 Å². The predicted octanol–water partition coefficient (Wildman–Crippen LogP) is 2.59. The van der Waals surface area contributed by atoms with Gasteiger partial charge in [-0.1, -0.05) is 47.5 Å². The number of nitrogens with one attached hydrogen (secondary N) is 1. The van der Waals surface area contributed by atoms with E-state index >= 15 is 0 Å². The van der Waals surface area contributed by atoms with Crippen LogP contribution in [0.5, 0.6) is 0 Å². The Balaban J connectivity index is 1.46. The Bertz CT molecular complexity index is 994. The van der Waals surface area contributed by atoms with Gasteiger partial charge in [-0.15, -0.1) is 0 Å². The van der Waals surface area contributed by atoms with Crippen LogP contribution in [0.25, 0.3) is 0 Å². The fraction of sp³-hybridized carbons (Fsp3) is 0.364. The minimum Gasteiger partial charge on any atom is -0.338 e. The molecule has 2 aromatic rings. The van der Waals surface area contributed by atoms with Crippen molar-refractivity contribution in [3.8, 4) is 0 Å². The van der Waals surface area contributed by atoms with Gasteiger partial charge in [-0.05, 0) is 26.0 Å². The monoisotopic (exact) mass is 429 g/mol. The van der Waals surface area contributed by atoms with Crippen molar-refractivity contribution in [2.24, 2.45) is 0 Å². The van der Waals surface area contributed by atoms with Gasteiger partial charge in [-0.2, -0.15) is 4.31 Å². The number of aryl methyl sites for hydroxylation is 2. The average Bonchev–Trinajstić information content (AvgIpc) is 2.74. The van der Waals surface area contributed by atoms with Gasteiger partial charge in [0.15, 0.2) is 5.78 Å². The number of nitrogens with zero attached hydrogens (tertiary/aromatic N) is 2. The molecule has 1 fully saturated rings. The first kappa shape index (κ1) is 22.0. The second-order valence-electron chi connectivity index (χ2n) is 7.48. The quantitative estimate of drug-likeness (QED) is 0.715. The number of piperazine rings is 1. The number of carbonyl (C=O) groups excluding carboxylic acids is 2. The number of amides is 2. The molecule has 0 radical (unpaired) electrons. The number of hydrogen-bond donors (Lipinski definition) is 1. The maximum Gasteiger partial charge on any atom is 0.317 e. The predicted molar refractivity (Wildman–Crippen MR) is 115 cm³/mol. The highest BCUT2D eigenvalue weighted by atomic mass is 32.2. The van der Waals surface area contributed by atoms with Gasteiger partial charge in [-0.25, -0.2) is 13.2 Å². The molecular weight excluding hydrogens is 402 g/mol. The lowest BCUT2D eigenvalue weighted by molar-refractivity contribution is 0.0982. The highest BCUT2D eigenvalue weighted by Crippen LogP contribution is 2.18. The smallest absolute Gasteiger partial charge is 0.317 e. The van der Waals surface area contributed by atoms with Gasteiger partial charge < -0.3 is 10.2 Å². The Kier molecular flexibility index (Phi) is 6.89. The van der Waals surface area contributed by atoms with Crippen molar-refractivity contribution in [2.75, 3.05) is 32.7 Å². The van der Waals surface area contributed by atoms with Gasteiger partial charge in [0, 0.05) is 44.7 Å². The lowest BCUT2D eigenvalue weighted by Gasteiger charge is -2.34. The van der Waals surface area contributed by atoms with Crippen molar-refractivity contribution < 1.29 is 18.0 Å². The lowest BCUT2D eigenvalue weighted by atomic mass is 10.1. The van der Waals surface area contributed by atoms with Crippen LogP contribution < -0.4 is 5.32 Å². The summed E-state index contributed by atoms with van der Waals surface area (Å²) >= 11 is 0. The standard InChI is InChI=1S/C22H27N3O4S/c1-17-3-7-19(8-4-17)21(26)11-12-23-22(27)24-13-15-25(16-14-24)30(28,29)20-9-5-18(2)6-10-20/h3-10H,11-16H2,1-2H3,(H,23,27). The molecule has 7 nitrogen and oxygen atoms in total. The topological polar surface area (TPSA) is 86.8 Å². The van der Waals surface area contributed by atoms with Crippen molar-refractivity contribution >= 4 is 21.8 Å². The minimum atomic E-state index is -3.56. The number of sulfonamides is 1. The van der Waals surface area contributed by atoms with E-state index in [1.54, 1.807) is 41.3 Å². The van der Waals surface area contributed by atoms with Crippen molar-refractivity contribution in [1.29, 1.82) is 0 Å². The number of rotatable bonds is 6. The molecule has 1 saturated heterocycles. The maximum absolute atomic E-state index is 12.7. The molecule has 2 aromatic carbocycles. The molecule has 8 heteroatoms. The van der Waals surface area contributed by atoms with Gasteiger partial charge in [0.2, 0.25) is 10.0 Å². The van der Waals surface area contributed by atoms with Crippen LogP contribution in [0.4, 0.5) is 4.79 Å². The second kappa shape index (κ2) is 9.40. The van der Waals surface area contributed by atoms with Crippen LogP contribution in [0.1, 0.15) is 27.9 Å². The number of Topliss-reactive ketones (excluding diaryl/α,β-unsaturated/α-hetero) is 1. The zero-order valence-electron chi connectivity index (χ0n) is 17.3. The summed E-state index contributed by atoms with van der Waals surface area (Å²) in [7, 11) is -3.56. The Morgan fingerprint density at radius 1 is 0.867 bits per heavy atom. The van der Waals surface area contributed by atoms with E-state index in [4.69, 9.17) is 0 Å². The van der Waals surface area contributed by atoms with E-state index < -0.39 is 10.0 Å². The molecule has 1 aliphatic rings. The fourth-order valence-electron chi connectivity index (χ4n) is 3.27. The highest BCUT2D eigenvalue weighted by molar-refractivity contribution is 7.89. The summed E-state index contributed by atoms with van der Waals surface area (Å²) in [6.07, 6.45) is 0.219. The third-order valence-corrected chi connectivity index (χ3v) is 7.10. The molecule has 0 atom stereocenters. The Morgan fingerprint density at radius 3 is 1.97 bits per heavy atom. The van der Waals surface area contributed by atoms with Crippen LogP contribution in [-0.4, -0.2) is 62.2 Å². The molecule has 0 bridgehead atoms. The summed E-state index contributed by atoms with van der Waals surface area (Å²) in [6, 6.07) is 13.8. The summed E-state index contributed by atoms with van der Waals surface area (Å²) in [4.78, 5) is 26.4.